The Bertz CT molecular complexity index is 1790. The second-order valence-electron chi connectivity index (χ2n) is 13.0. The number of aliphatic hydroxyl groups is 1. The van der Waals surface area contributed by atoms with E-state index in [1.807, 2.05) is 17.9 Å². The molecule has 238 valence electrons. The van der Waals surface area contributed by atoms with Gasteiger partial charge in [-0.3, -0.25) is 4.90 Å². The molecular weight excluding hydrogens is 583 g/mol. The van der Waals surface area contributed by atoms with Gasteiger partial charge >= 0.3 is 6.01 Å². The van der Waals surface area contributed by atoms with Crippen LogP contribution in [0, 0.1) is 11.6 Å². The molecule has 8 nitrogen and oxygen atoms in total. The Morgan fingerprint density at radius 3 is 2.64 bits per heavy atom. The van der Waals surface area contributed by atoms with E-state index >= 15 is 4.39 Å². The Kier molecular flexibility index (Phi) is 7.51. The molecule has 3 aliphatic rings. The van der Waals surface area contributed by atoms with E-state index in [0.717, 1.165) is 24.8 Å². The maximum absolute atomic E-state index is 16.9. The van der Waals surface area contributed by atoms with Gasteiger partial charge in [0.15, 0.2) is 5.82 Å². The van der Waals surface area contributed by atoms with Crippen LogP contribution in [0.25, 0.3) is 32.9 Å². The summed E-state index contributed by atoms with van der Waals surface area (Å²) >= 11 is 0. The summed E-state index contributed by atoms with van der Waals surface area (Å²) in [4.78, 5) is 18.0. The summed E-state index contributed by atoms with van der Waals surface area (Å²) in [6.07, 6.45) is 2.92. The molecular formula is C34H38F3N5O3. The average Bonchev–Trinajstić information content (AvgIpc) is 3.55. The lowest BCUT2D eigenvalue weighted by Crippen LogP contribution is -2.46. The summed E-state index contributed by atoms with van der Waals surface area (Å²) in [7, 11) is 1.45. The van der Waals surface area contributed by atoms with Crippen LogP contribution >= 0.6 is 0 Å². The number of ether oxygens (including phenoxy) is 2. The maximum atomic E-state index is 16.9. The predicted octanol–water partition coefficient (Wildman–Crippen LogP) is 6.00. The summed E-state index contributed by atoms with van der Waals surface area (Å²) in [6, 6.07) is 8.43. The normalized spacial score (nSPS) is 25.3. The van der Waals surface area contributed by atoms with Crippen molar-refractivity contribution in [1.29, 1.82) is 0 Å². The lowest BCUT2D eigenvalue weighted by molar-refractivity contribution is 0.0447. The fraction of sp³-hybridized carbons (Fsp3) is 0.500. The monoisotopic (exact) mass is 621 g/mol. The van der Waals surface area contributed by atoms with Crippen LogP contribution in [0.5, 0.6) is 11.9 Å². The zero-order valence-corrected chi connectivity index (χ0v) is 25.9. The second-order valence-corrected chi connectivity index (χ2v) is 13.0. The molecule has 0 spiro atoms. The molecule has 7 rings (SSSR count). The topological polar surface area (TPSA) is 83.8 Å². The maximum Gasteiger partial charge on any atom is 0.319 e. The molecule has 3 atom stereocenters. The number of aryl methyl sites for hydroxylation is 1. The van der Waals surface area contributed by atoms with E-state index in [9.17, 15) is 13.9 Å². The predicted molar refractivity (Wildman–Crippen MR) is 167 cm³/mol. The molecule has 3 fully saturated rings. The van der Waals surface area contributed by atoms with E-state index in [2.05, 4.69) is 14.9 Å². The Balaban J connectivity index is 1.42. The standard InChI is InChI=1S/C34H38F3N5O3/c1-4-22-24(36)11-10-20-8-5-9-23(25(20)22)28-27(37)29-26(31(38-28)44-3)30(41-14-6-12-33(2,43)18-41)40-32(39-29)45-19-34-13-7-15-42(34)17-21(35)16-34/h5,8-11,21,43H,4,6-7,12-19H2,1-3H3/t21-,33-,34+/m1/s1. The number of piperidine rings is 1. The van der Waals surface area contributed by atoms with Crippen molar-refractivity contribution in [2.75, 3.05) is 44.8 Å². The second kappa shape index (κ2) is 11.3. The fourth-order valence-electron chi connectivity index (χ4n) is 7.74. The van der Waals surface area contributed by atoms with Gasteiger partial charge in [-0.05, 0) is 68.0 Å². The van der Waals surface area contributed by atoms with E-state index in [1.54, 1.807) is 25.1 Å². The highest BCUT2D eigenvalue weighted by Crippen LogP contribution is 2.43. The number of fused-ring (bicyclic) bond motifs is 3. The highest BCUT2D eigenvalue weighted by atomic mass is 19.1. The first kappa shape index (κ1) is 30.0. The molecule has 0 amide bonds. The third kappa shape index (κ3) is 5.13. The number of methoxy groups -OCH3 is 1. The van der Waals surface area contributed by atoms with Crippen molar-refractivity contribution in [3.8, 4) is 23.1 Å². The van der Waals surface area contributed by atoms with Gasteiger partial charge in [-0.1, -0.05) is 31.2 Å². The van der Waals surface area contributed by atoms with E-state index in [4.69, 9.17) is 14.5 Å². The van der Waals surface area contributed by atoms with Gasteiger partial charge in [0.2, 0.25) is 5.88 Å². The number of nitrogens with zero attached hydrogens (tertiary/aromatic N) is 5. The van der Waals surface area contributed by atoms with Crippen molar-refractivity contribution >= 4 is 27.5 Å². The van der Waals surface area contributed by atoms with Crippen LogP contribution in [0.15, 0.2) is 30.3 Å². The number of β-amino-alcohol motifs (C(OH)–C–C–N with tert-alkyl or cyclic N) is 1. The van der Waals surface area contributed by atoms with Crippen molar-refractivity contribution in [2.45, 2.75) is 69.7 Å². The molecule has 3 aliphatic heterocycles. The average molecular weight is 622 g/mol. The minimum Gasteiger partial charge on any atom is -0.480 e. The van der Waals surface area contributed by atoms with Gasteiger partial charge in [-0.25, -0.2) is 18.2 Å². The van der Waals surface area contributed by atoms with Gasteiger partial charge in [0.25, 0.3) is 0 Å². The molecule has 4 aromatic rings. The molecule has 1 N–H and O–H groups in total. The molecule has 2 aromatic carbocycles. The van der Waals surface area contributed by atoms with Crippen molar-refractivity contribution in [3.05, 3.63) is 47.5 Å². The minimum absolute atomic E-state index is 0.0249. The number of alkyl halides is 1. The quantitative estimate of drug-likeness (QED) is 0.269. The molecule has 0 unspecified atom stereocenters. The van der Waals surface area contributed by atoms with Crippen LogP contribution < -0.4 is 14.4 Å². The van der Waals surface area contributed by atoms with E-state index in [-0.39, 0.29) is 47.5 Å². The van der Waals surface area contributed by atoms with Crippen molar-refractivity contribution < 1.29 is 27.8 Å². The summed E-state index contributed by atoms with van der Waals surface area (Å²) in [5.74, 6) is -0.632. The van der Waals surface area contributed by atoms with E-state index in [1.165, 1.54) is 13.2 Å². The van der Waals surface area contributed by atoms with E-state index in [0.29, 0.717) is 61.1 Å². The van der Waals surface area contributed by atoms with Gasteiger partial charge < -0.3 is 19.5 Å². The number of halogens is 3. The number of benzene rings is 2. The SMILES string of the molecule is CCc1c(F)ccc2cccc(-c3nc(OC)c4c(N5CCC[C@@](C)(O)C5)nc(OC[C@@]56CCCN5C[C@H](F)C6)nc4c3F)c12. The van der Waals surface area contributed by atoms with E-state index < -0.39 is 23.1 Å². The Morgan fingerprint density at radius 1 is 1.04 bits per heavy atom. The number of hydrogen-bond acceptors (Lipinski definition) is 8. The summed E-state index contributed by atoms with van der Waals surface area (Å²) in [6.45, 7) is 5.81. The summed E-state index contributed by atoms with van der Waals surface area (Å²) in [5.41, 5.74) is -0.620. The molecule has 3 saturated heterocycles. The first-order valence-corrected chi connectivity index (χ1v) is 15.8. The minimum atomic E-state index is -0.984. The Hall–Kier alpha value is -3.70. The molecule has 0 radical (unpaired) electrons. The molecule has 11 heteroatoms. The molecule has 45 heavy (non-hydrogen) atoms. The van der Waals surface area contributed by atoms with Crippen LogP contribution in [-0.2, 0) is 6.42 Å². The van der Waals surface area contributed by atoms with Gasteiger partial charge in [-0.2, -0.15) is 9.97 Å². The van der Waals surface area contributed by atoms with Crippen LogP contribution in [0.1, 0.15) is 51.5 Å². The smallest absolute Gasteiger partial charge is 0.319 e. The molecule has 0 bridgehead atoms. The molecule has 0 saturated carbocycles. The number of anilines is 1. The molecule has 5 heterocycles. The van der Waals surface area contributed by atoms with Crippen molar-refractivity contribution in [1.82, 2.24) is 19.9 Å². The third-order valence-electron chi connectivity index (χ3n) is 9.82. The number of hydrogen-bond donors (Lipinski definition) is 1. The highest BCUT2D eigenvalue weighted by molar-refractivity contribution is 6.02. The van der Waals surface area contributed by atoms with Gasteiger partial charge in [-0.15, -0.1) is 0 Å². The van der Waals surface area contributed by atoms with Gasteiger partial charge in [0, 0.05) is 31.6 Å². The number of rotatable bonds is 7. The first-order valence-electron chi connectivity index (χ1n) is 15.8. The van der Waals surface area contributed by atoms with Crippen LogP contribution in [-0.4, -0.2) is 82.2 Å². The van der Waals surface area contributed by atoms with Crippen LogP contribution in [0.4, 0.5) is 19.0 Å². The Morgan fingerprint density at radius 2 is 1.87 bits per heavy atom. The highest BCUT2D eigenvalue weighted by Gasteiger charge is 2.49. The summed E-state index contributed by atoms with van der Waals surface area (Å²) < 4.78 is 58.4. The number of aromatic nitrogens is 3. The number of pyridine rings is 1. The zero-order chi connectivity index (χ0) is 31.5. The van der Waals surface area contributed by atoms with Crippen LogP contribution in [0.3, 0.4) is 0 Å². The van der Waals surface area contributed by atoms with Crippen molar-refractivity contribution in [3.63, 3.8) is 0 Å². The lowest BCUT2D eigenvalue weighted by Gasteiger charge is -2.38. The molecule has 0 aliphatic carbocycles. The third-order valence-corrected chi connectivity index (χ3v) is 9.82. The van der Waals surface area contributed by atoms with Gasteiger partial charge in [0.1, 0.15) is 41.0 Å². The summed E-state index contributed by atoms with van der Waals surface area (Å²) in [5, 5.41) is 12.6. The molecule has 2 aromatic heterocycles. The van der Waals surface area contributed by atoms with Crippen LogP contribution in [0.2, 0.25) is 0 Å². The van der Waals surface area contributed by atoms with Gasteiger partial charge in [0.05, 0.1) is 18.2 Å². The first-order chi connectivity index (χ1) is 21.6. The lowest BCUT2D eigenvalue weighted by atomic mass is 9.94. The zero-order valence-electron chi connectivity index (χ0n) is 25.9. The van der Waals surface area contributed by atoms with Crippen molar-refractivity contribution in [2.24, 2.45) is 0 Å². The largest absolute Gasteiger partial charge is 0.480 e. The Labute approximate surface area is 260 Å². The fourth-order valence-corrected chi connectivity index (χ4v) is 7.74.